The highest BCUT2D eigenvalue weighted by Gasteiger charge is 2.30. The molecule has 3 aromatic rings. The van der Waals surface area contributed by atoms with E-state index in [-0.39, 0.29) is 17.1 Å². The summed E-state index contributed by atoms with van der Waals surface area (Å²) in [4.78, 5) is 29.8. The van der Waals surface area contributed by atoms with Crippen LogP contribution in [0.2, 0.25) is 10.0 Å². The molecule has 0 unspecified atom stereocenters. The summed E-state index contributed by atoms with van der Waals surface area (Å²) in [5, 5.41) is 4.87. The molecule has 0 aliphatic rings. The average Bonchev–Trinajstić information content (AvgIpc) is 3.22. The fourth-order valence-electron chi connectivity index (χ4n) is 3.06. The van der Waals surface area contributed by atoms with Crippen molar-refractivity contribution < 1.29 is 22.8 Å². The van der Waals surface area contributed by atoms with E-state index in [9.17, 15) is 22.8 Å². The molecule has 0 spiro atoms. The van der Waals surface area contributed by atoms with Crippen molar-refractivity contribution in [1.29, 1.82) is 0 Å². The third-order valence-electron chi connectivity index (χ3n) is 4.73. The van der Waals surface area contributed by atoms with E-state index in [2.05, 4.69) is 10.3 Å². The second-order valence-corrected chi connectivity index (χ2v) is 8.67. The summed E-state index contributed by atoms with van der Waals surface area (Å²) < 4.78 is 40.3. The van der Waals surface area contributed by atoms with Gasteiger partial charge in [0.25, 0.3) is 5.91 Å². The summed E-state index contributed by atoms with van der Waals surface area (Å²) in [5.74, 6) is -0.958. The molecule has 0 bridgehead atoms. The molecular weight excluding hydrogens is 498 g/mol. The number of nitrogens with one attached hydrogen (secondary N) is 1. The van der Waals surface area contributed by atoms with E-state index in [1.165, 1.54) is 41.7 Å². The molecule has 174 valence electrons. The predicted octanol–water partition coefficient (Wildman–Crippen LogP) is 5.88. The first-order valence-electron chi connectivity index (χ1n) is 9.73. The van der Waals surface area contributed by atoms with Crippen molar-refractivity contribution in [2.24, 2.45) is 4.99 Å². The Kier molecular flexibility index (Phi) is 7.99. The van der Waals surface area contributed by atoms with Crippen LogP contribution in [0.5, 0.6) is 0 Å². The maximum Gasteiger partial charge on any atom is 0.416 e. The Morgan fingerprint density at radius 3 is 2.58 bits per heavy atom. The number of hydrogen-bond acceptors (Lipinski definition) is 3. The van der Waals surface area contributed by atoms with E-state index < -0.39 is 29.6 Å². The number of rotatable bonds is 6. The lowest BCUT2D eigenvalue weighted by molar-refractivity contribution is -0.137. The Bertz CT molecular complexity index is 1240. The molecule has 11 heteroatoms. The first-order valence-corrected chi connectivity index (χ1v) is 11.4. The molecule has 0 aliphatic carbocycles. The van der Waals surface area contributed by atoms with Gasteiger partial charge in [0, 0.05) is 23.7 Å². The molecule has 1 aromatic heterocycles. The Hall–Kier alpha value is -2.62. The summed E-state index contributed by atoms with van der Waals surface area (Å²) in [5.41, 5.74) is -0.218. The predicted molar refractivity (Wildman–Crippen MR) is 121 cm³/mol. The maximum atomic E-state index is 12.9. The highest BCUT2D eigenvalue weighted by molar-refractivity contribution is 7.07. The summed E-state index contributed by atoms with van der Waals surface area (Å²) in [6, 6.07) is 8.46. The van der Waals surface area contributed by atoms with Crippen LogP contribution < -0.4 is 10.1 Å². The summed E-state index contributed by atoms with van der Waals surface area (Å²) in [6.45, 7) is 1.71. The van der Waals surface area contributed by atoms with Gasteiger partial charge in [0.05, 0.1) is 15.6 Å². The summed E-state index contributed by atoms with van der Waals surface area (Å²) >= 11 is 13.0. The second-order valence-electron chi connectivity index (χ2n) is 6.98. The van der Waals surface area contributed by atoms with Crippen LogP contribution in [0.25, 0.3) is 0 Å². The summed E-state index contributed by atoms with van der Waals surface area (Å²) in [6.07, 6.45) is -2.46. The Labute approximate surface area is 201 Å². The van der Waals surface area contributed by atoms with Crippen molar-refractivity contribution in [2.45, 2.75) is 32.1 Å². The van der Waals surface area contributed by atoms with Crippen molar-refractivity contribution >= 4 is 46.4 Å². The van der Waals surface area contributed by atoms with E-state index in [1.54, 1.807) is 23.1 Å². The van der Waals surface area contributed by atoms with Crippen LogP contribution in [0.1, 0.15) is 40.9 Å². The van der Waals surface area contributed by atoms with Crippen LogP contribution in [-0.4, -0.2) is 16.4 Å². The minimum Gasteiger partial charge on any atom is -0.350 e. The van der Waals surface area contributed by atoms with Crippen LogP contribution in [0.4, 0.5) is 13.2 Å². The third kappa shape index (κ3) is 6.25. The summed E-state index contributed by atoms with van der Waals surface area (Å²) in [7, 11) is 0. The molecule has 2 amide bonds. The number of amides is 2. The van der Waals surface area contributed by atoms with E-state index in [0.29, 0.717) is 21.8 Å². The molecular formula is C22H18Cl2F3N3O2S. The van der Waals surface area contributed by atoms with E-state index in [4.69, 9.17) is 23.2 Å². The van der Waals surface area contributed by atoms with Gasteiger partial charge >= 0.3 is 6.18 Å². The van der Waals surface area contributed by atoms with Crippen molar-refractivity contribution in [3.63, 3.8) is 0 Å². The number of carbonyl (C=O) groups excluding carboxylic acids is 2. The molecule has 1 atom stereocenters. The lowest BCUT2D eigenvalue weighted by Gasteiger charge is -2.17. The molecule has 33 heavy (non-hydrogen) atoms. The highest BCUT2D eigenvalue weighted by atomic mass is 35.5. The quantitative estimate of drug-likeness (QED) is 0.445. The van der Waals surface area contributed by atoms with Gasteiger partial charge < -0.3 is 9.88 Å². The van der Waals surface area contributed by atoms with E-state index >= 15 is 0 Å². The van der Waals surface area contributed by atoms with Gasteiger partial charge in [-0.2, -0.15) is 18.2 Å². The minimum atomic E-state index is -4.46. The van der Waals surface area contributed by atoms with Gasteiger partial charge in [-0.1, -0.05) is 42.3 Å². The van der Waals surface area contributed by atoms with Crippen LogP contribution in [-0.2, 0) is 17.5 Å². The minimum absolute atomic E-state index is 0.0708. The fourth-order valence-corrected chi connectivity index (χ4v) is 4.11. The van der Waals surface area contributed by atoms with Crippen LogP contribution in [0, 0.1) is 0 Å². The molecule has 0 aliphatic heterocycles. The molecule has 5 nitrogen and oxygen atoms in total. The smallest absolute Gasteiger partial charge is 0.350 e. The zero-order chi connectivity index (χ0) is 24.2. The van der Waals surface area contributed by atoms with E-state index in [0.717, 1.165) is 12.1 Å². The van der Waals surface area contributed by atoms with Crippen molar-refractivity contribution in [3.05, 3.63) is 85.6 Å². The Morgan fingerprint density at radius 2 is 1.91 bits per heavy atom. The van der Waals surface area contributed by atoms with Gasteiger partial charge in [-0.05, 0) is 42.3 Å². The number of hydrogen-bond donors (Lipinski definition) is 1. The average molecular weight is 516 g/mol. The van der Waals surface area contributed by atoms with Crippen molar-refractivity contribution in [1.82, 2.24) is 9.88 Å². The lowest BCUT2D eigenvalue weighted by Crippen LogP contribution is -2.35. The number of halogens is 5. The highest BCUT2D eigenvalue weighted by Crippen LogP contribution is 2.29. The number of alkyl halides is 3. The van der Waals surface area contributed by atoms with Crippen LogP contribution in [0.15, 0.2) is 59.0 Å². The number of thiazole rings is 1. The molecule has 0 saturated carbocycles. The van der Waals surface area contributed by atoms with Gasteiger partial charge in [-0.3, -0.25) is 9.59 Å². The lowest BCUT2D eigenvalue weighted by atomic mass is 10.1. The number of nitrogens with zero attached hydrogens (tertiary/aromatic N) is 2. The van der Waals surface area contributed by atoms with Gasteiger partial charge in [-0.15, -0.1) is 11.3 Å². The van der Waals surface area contributed by atoms with Crippen molar-refractivity contribution in [2.75, 3.05) is 0 Å². The van der Waals surface area contributed by atoms with Crippen molar-refractivity contribution in [3.8, 4) is 0 Å². The third-order valence-corrected chi connectivity index (χ3v) is 6.24. The monoisotopic (exact) mass is 515 g/mol. The number of aromatic nitrogens is 1. The number of carbonyl (C=O) groups is 2. The normalized spacial score (nSPS) is 13.1. The Balaban J connectivity index is 1.78. The molecule has 2 aromatic carbocycles. The topological polar surface area (TPSA) is 63.5 Å². The fraction of sp³-hybridized carbons (Fsp3) is 0.227. The van der Waals surface area contributed by atoms with Gasteiger partial charge in [0.2, 0.25) is 5.91 Å². The van der Waals surface area contributed by atoms with Gasteiger partial charge in [-0.25, -0.2) is 0 Å². The molecule has 1 N–H and O–H groups in total. The first kappa shape index (κ1) is 25.0. The van der Waals surface area contributed by atoms with E-state index in [1.807, 2.05) is 0 Å². The van der Waals surface area contributed by atoms with Crippen LogP contribution >= 0.6 is 34.5 Å². The molecule has 3 rings (SSSR count). The zero-order valence-electron chi connectivity index (χ0n) is 17.2. The molecule has 0 saturated heterocycles. The zero-order valence-corrected chi connectivity index (χ0v) is 19.5. The Morgan fingerprint density at radius 1 is 1.15 bits per heavy atom. The molecule has 0 radical (unpaired) electrons. The number of benzene rings is 2. The largest absolute Gasteiger partial charge is 0.416 e. The molecule has 1 heterocycles. The standard InChI is InChI=1S/C22H18Cl2F3N3O2S/c1-2-18(20(32)28-12-13-4-3-5-15(10-13)22(25,26)27)30-8-9-33-21(30)29-19(31)14-6-7-16(23)17(24)11-14/h3-11,18H,2,12H2,1H3,(H,28,32)/t18-/m1/s1. The first-order chi connectivity index (χ1) is 15.6. The van der Waals surface area contributed by atoms with Crippen LogP contribution in [0.3, 0.4) is 0 Å². The van der Waals surface area contributed by atoms with Gasteiger partial charge in [0.1, 0.15) is 6.04 Å². The molecule has 0 fully saturated rings. The maximum absolute atomic E-state index is 12.9. The van der Waals surface area contributed by atoms with Gasteiger partial charge in [0.15, 0.2) is 4.80 Å². The second kappa shape index (κ2) is 10.5. The SMILES string of the molecule is CC[C@H](C(=O)NCc1cccc(C(F)(F)F)c1)n1ccsc1=NC(=O)c1ccc(Cl)c(Cl)c1.